The highest BCUT2D eigenvalue weighted by molar-refractivity contribution is 6.34. The third kappa shape index (κ3) is 4.79. The van der Waals surface area contributed by atoms with Gasteiger partial charge in [0.15, 0.2) is 17.7 Å². The molecule has 0 amide bonds. The molecule has 2 aromatic heterocycles. The van der Waals surface area contributed by atoms with Crippen LogP contribution in [0.1, 0.15) is 24.3 Å². The molecule has 3 heterocycles. The van der Waals surface area contributed by atoms with E-state index < -0.39 is 29.9 Å². The lowest BCUT2D eigenvalue weighted by atomic mass is 9.98. The van der Waals surface area contributed by atoms with Crippen LogP contribution in [0.25, 0.3) is 11.0 Å². The third-order valence-electron chi connectivity index (χ3n) is 6.12. The van der Waals surface area contributed by atoms with Gasteiger partial charge in [-0.25, -0.2) is 18.7 Å². The minimum absolute atomic E-state index is 0.0131. The molecule has 6 nitrogen and oxygen atoms in total. The molecule has 0 radical (unpaired) electrons. The van der Waals surface area contributed by atoms with Gasteiger partial charge in [0.2, 0.25) is 0 Å². The number of halogens is 3. The van der Waals surface area contributed by atoms with Crippen LogP contribution in [-0.4, -0.2) is 39.0 Å². The Labute approximate surface area is 206 Å². The van der Waals surface area contributed by atoms with E-state index in [1.165, 1.54) is 17.8 Å². The van der Waals surface area contributed by atoms with Crippen molar-refractivity contribution in [3.63, 3.8) is 0 Å². The summed E-state index contributed by atoms with van der Waals surface area (Å²) in [5.41, 5.74) is -0.0147. The van der Waals surface area contributed by atoms with E-state index in [0.29, 0.717) is 6.61 Å². The second-order valence-corrected chi connectivity index (χ2v) is 9.00. The van der Waals surface area contributed by atoms with Crippen LogP contribution in [0.4, 0.5) is 8.78 Å². The van der Waals surface area contributed by atoms with Gasteiger partial charge in [0.1, 0.15) is 29.3 Å². The molecule has 9 heteroatoms. The van der Waals surface area contributed by atoms with E-state index in [-0.39, 0.29) is 29.4 Å². The SMILES string of the molecule is C[C@@]1(F)[C@H](OCc2ccccc2)[C@@H](COCc2ccccc2)O[C@H]1n1cc(F)c2c(Cl)ncnc21. The zero-order valence-electron chi connectivity index (χ0n) is 19.0. The Morgan fingerprint density at radius 1 is 1.03 bits per heavy atom. The van der Waals surface area contributed by atoms with Gasteiger partial charge in [-0.3, -0.25) is 4.57 Å². The van der Waals surface area contributed by atoms with Gasteiger partial charge in [-0.1, -0.05) is 72.3 Å². The van der Waals surface area contributed by atoms with Gasteiger partial charge < -0.3 is 14.2 Å². The summed E-state index contributed by atoms with van der Waals surface area (Å²) in [7, 11) is 0. The molecule has 4 atom stereocenters. The monoisotopic (exact) mass is 499 g/mol. The molecule has 35 heavy (non-hydrogen) atoms. The first kappa shape index (κ1) is 23.8. The summed E-state index contributed by atoms with van der Waals surface area (Å²) in [6.45, 7) is 1.99. The highest BCUT2D eigenvalue weighted by Crippen LogP contribution is 2.45. The second kappa shape index (κ2) is 9.99. The minimum atomic E-state index is -2.04. The number of ether oxygens (including phenoxy) is 3. The molecule has 1 aliphatic heterocycles. The average molecular weight is 500 g/mol. The van der Waals surface area contributed by atoms with E-state index in [9.17, 15) is 4.39 Å². The fraction of sp³-hybridized carbons (Fsp3) is 0.308. The molecule has 0 bridgehead atoms. The van der Waals surface area contributed by atoms with Crippen molar-refractivity contribution in [1.29, 1.82) is 0 Å². The topological polar surface area (TPSA) is 58.4 Å². The van der Waals surface area contributed by atoms with Crippen LogP contribution in [0, 0.1) is 5.82 Å². The Kier molecular flexibility index (Phi) is 6.80. The fourth-order valence-electron chi connectivity index (χ4n) is 4.42. The van der Waals surface area contributed by atoms with Crippen LogP contribution >= 0.6 is 11.6 Å². The van der Waals surface area contributed by atoms with Crippen LogP contribution in [0.15, 0.2) is 73.2 Å². The van der Waals surface area contributed by atoms with Crippen molar-refractivity contribution < 1.29 is 23.0 Å². The van der Waals surface area contributed by atoms with Crippen molar-refractivity contribution in [3.8, 4) is 0 Å². The highest BCUT2D eigenvalue weighted by atomic mass is 35.5. The van der Waals surface area contributed by atoms with Gasteiger partial charge in [-0.05, 0) is 18.1 Å². The summed E-state index contributed by atoms with van der Waals surface area (Å²) in [6, 6.07) is 19.1. The van der Waals surface area contributed by atoms with Crippen molar-refractivity contribution >= 4 is 22.6 Å². The Balaban J connectivity index is 1.42. The average Bonchev–Trinajstić information content (AvgIpc) is 3.32. The molecule has 0 aliphatic carbocycles. The Morgan fingerprint density at radius 2 is 1.69 bits per heavy atom. The van der Waals surface area contributed by atoms with Crippen LogP contribution < -0.4 is 0 Å². The number of alkyl halides is 1. The van der Waals surface area contributed by atoms with Crippen LogP contribution in [0.3, 0.4) is 0 Å². The standard InChI is InChI=1S/C26H24ClF2N3O3/c1-26(29)22(34-14-18-10-6-3-7-11-18)20(15-33-13-17-8-4-2-5-9-17)35-25(26)32-12-19(28)21-23(27)30-16-31-24(21)32/h2-12,16,20,22,25H,13-15H2,1H3/t20-,22-,25-,26-/m1/s1. The first-order valence-electron chi connectivity index (χ1n) is 11.2. The van der Waals surface area contributed by atoms with Gasteiger partial charge in [0.05, 0.1) is 25.2 Å². The summed E-state index contributed by atoms with van der Waals surface area (Å²) in [5.74, 6) is -0.657. The lowest BCUT2D eigenvalue weighted by Crippen LogP contribution is -2.42. The van der Waals surface area contributed by atoms with E-state index in [1.54, 1.807) is 0 Å². The molecule has 5 rings (SSSR count). The normalized spacial score (nSPS) is 24.3. The molecular formula is C26H24ClF2N3O3. The predicted molar refractivity (Wildman–Crippen MR) is 127 cm³/mol. The van der Waals surface area contributed by atoms with Gasteiger partial charge in [0.25, 0.3) is 0 Å². The van der Waals surface area contributed by atoms with E-state index in [2.05, 4.69) is 9.97 Å². The van der Waals surface area contributed by atoms with E-state index in [1.807, 2.05) is 60.7 Å². The maximum absolute atomic E-state index is 16.4. The summed E-state index contributed by atoms with van der Waals surface area (Å²) in [6.07, 6.45) is -0.613. The molecule has 0 saturated carbocycles. The maximum atomic E-state index is 16.4. The van der Waals surface area contributed by atoms with Crippen molar-refractivity contribution in [2.75, 3.05) is 6.61 Å². The molecule has 1 fully saturated rings. The number of hydrogen-bond donors (Lipinski definition) is 0. The first-order chi connectivity index (χ1) is 16.9. The quantitative estimate of drug-likeness (QED) is 0.293. The number of nitrogens with zero attached hydrogens (tertiary/aromatic N) is 3. The summed E-state index contributed by atoms with van der Waals surface area (Å²) in [4.78, 5) is 7.96. The van der Waals surface area contributed by atoms with Crippen LogP contribution in [-0.2, 0) is 27.4 Å². The van der Waals surface area contributed by atoms with Crippen LogP contribution in [0.2, 0.25) is 5.15 Å². The van der Waals surface area contributed by atoms with Gasteiger partial charge >= 0.3 is 0 Å². The molecule has 182 valence electrons. The number of rotatable bonds is 8. The van der Waals surface area contributed by atoms with Gasteiger partial charge in [-0.2, -0.15) is 0 Å². The number of hydrogen-bond acceptors (Lipinski definition) is 5. The second-order valence-electron chi connectivity index (χ2n) is 8.64. The smallest absolute Gasteiger partial charge is 0.181 e. The zero-order chi connectivity index (χ0) is 24.4. The van der Waals surface area contributed by atoms with Crippen molar-refractivity contribution in [3.05, 3.63) is 95.3 Å². The van der Waals surface area contributed by atoms with Crippen molar-refractivity contribution in [1.82, 2.24) is 14.5 Å². The molecule has 1 aliphatic rings. The molecular weight excluding hydrogens is 476 g/mol. The fourth-order valence-corrected chi connectivity index (χ4v) is 4.64. The molecule has 2 aromatic carbocycles. The summed E-state index contributed by atoms with van der Waals surface area (Å²) >= 11 is 6.07. The maximum Gasteiger partial charge on any atom is 0.181 e. The predicted octanol–water partition coefficient (Wildman–Crippen LogP) is 5.65. The first-order valence-corrected chi connectivity index (χ1v) is 11.6. The van der Waals surface area contributed by atoms with E-state index >= 15 is 4.39 Å². The zero-order valence-corrected chi connectivity index (χ0v) is 19.7. The Hall–Kier alpha value is -2.91. The molecule has 0 spiro atoms. The minimum Gasteiger partial charge on any atom is -0.374 e. The lowest BCUT2D eigenvalue weighted by Gasteiger charge is -2.28. The van der Waals surface area contributed by atoms with Crippen molar-refractivity contribution in [2.24, 2.45) is 0 Å². The number of aromatic nitrogens is 3. The molecule has 0 unspecified atom stereocenters. The molecule has 4 aromatic rings. The molecule has 0 N–H and O–H groups in total. The van der Waals surface area contributed by atoms with E-state index in [4.69, 9.17) is 25.8 Å². The lowest BCUT2D eigenvalue weighted by molar-refractivity contribution is -0.0828. The Bertz CT molecular complexity index is 1290. The third-order valence-corrected chi connectivity index (χ3v) is 6.40. The summed E-state index contributed by atoms with van der Waals surface area (Å²) < 4.78 is 50.5. The van der Waals surface area contributed by atoms with E-state index in [0.717, 1.165) is 17.3 Å². The Morgan fingerprint density at radius 3 is 2.37 bits per heavy atom. The van der Waals surface area contributed by atoms with Gasteiger partial charge in [0, 0.05) is 6.20 Å². The molecule has 1 saturated heterocycles. The number of benzene rings is 2. The van der Waals surface area contributed by atoms with Crippen molar-refractivity contribution in [2.45, 2.75) is 44.2 Å². The number of fused-ring (bicyclic) bond motifs is 1. The highest BCUT2D eigenvalue weighted by Gasteiger charge is 2.57. The summed E-state index contributed by atoms with van der Waals surface area (Å²) in [5, 5.41) is -0.0384. The largest absolute Gasteiger partial charge is 0.374 e. The van der Waals surface area contributed by atoms with Crippen LogP contribution in [0.5, 0.6) is 0 Å². The van der Waals surface area contributed by atoms with Gasteiger partial charge in [-0.15, -0.1) is 0 Å².